The van der Waals surface area contributed by atoms with Crippen molar-refractivity contribution in [2.45, 2.75) is 50.4 Å². The van der Waals surface area contributed by atoms with Crippen molar-refractivity contribution in [1.29, 1.82) is 0 Å². The minimum Gasteiger partial charge on any atom is -0.472 e. The molecule has 2 heterocycles. The Hall–Kier alpha value is -1.23. The zero-order valence-corrected chi connectivity index (χ0v) is 14.0. The first-order valence-corrected chi connectivity index (χ1v) is 9.25. The molecule has 4 nitrogen and oxygen atoms in total. The molecule has 1 saturated carbocycles. The number of likely N-dealkylation sites (tertiary alicyclic amines) is 1. The maximum Gasteiger partial charge on any atom is 0.232 e. The first kappa shape index (κ1) is 15.7. The van der Waals surface area contributed by atoms with Crippen LogP contribution in [0, 0.1) is 6.92 Å². The van der Waals surface area contributed by atoms with Crippen molar-refractivity contribution < 1.29 is 9.53 Å². The molecule has 1 aliphatic carbocycles. The minimum atomic E-state index is 0.0785. The van der Waals surface area contributed by atoms with Gasteiger partial charge in [-0.3, -0.25) is 4.79 Å². The number of carbonyl (C=O) groups excluding carboxylic acids is 1. The van der Waals surface area contributed by atoms with Gasteiger partial charge in [-0.1, -0.05) is 18.9 Å². The summed E-state index contributed by atoms with van der Waals surface area (Å²) in [6.45, 7) is 3.46. The normalized spacial score (nSPS) is 22.2. The summed E-state index contributed by atoms with van der Waals surface area (Å²) in [6.07, 6.45) is 6.19. The molecule has 0 aromatic carbocycles. The van der Waals surface area contributed by atoms with Crippen molar-refractivity contribution in [2.75, 3.05) is 18.8 Å². The second kappa shape index (κ2) is 7.36. The van der Waals surface area contributed by atoms with E-state index in [-0.39, 0.29) is 12.0 Å². The molecule has 1 aromatic rings. The van der Waals surface area contributed by atoms with Crippen molar-refractivity contribution in [3.63, 3.8) is 0 Å². The van der Waals surface area contributed by atoms with Crippen LogP contribution in [0.25, 0.3) is 0 Å². The predicted molar refractivity (Wildman–Crippen MR) is 89.3 cm³/mol. The molecule has 22 heavy (non-hydrogen) atoms. The van der Waals surface area contributed by atoms with Gasteiger partial charge in [0.15, 0.2) is 0 Å². The average Bonchev–Trinajstić information content (AvgIpc) is 3.16. The maximum absolute atomic E-state index is 12.3. The molecule has 5 heteroatoms. The lowest BCUT2D eigenvalue weighted by atomic mass is 10.3. The predicted octanol–water partition coefficient (Wildman–Crippen LogP) is 3.05. The van der Waals surface area contributed by atoms with Crippen molar-refractivity contribution in [2.24, 2.45) is 0 Å². The van der Waals surface area contributed by atoms with Crippen LogP contribution in [-0.2, 0) is 4.79 Å². The SMILES string of the molecule is Cc1cccc(OC2CCN(C(=O)CSC3CCCC3)C2)n1. The number of pyridine rings is 1. The van der Waals surface area contributed by atoms with Gasteiger partial charge in [0.1, 0.15) is 6.10 Å². The summed E-state index contributed by atoms with van der Waals surface area (Å²) >= 11 is 1.84. The summed E-state index contributed by atoms with van der Waals surface area (Å²) in [7, 11) is 0. The largest absolute Gasteiger partial charge is 0.472 e. The standard InChI is InChI=1S/C17H24N2O2S/c1-13-5-4-8-16(18-13)21-14-9-10-19(11-14)17(20)12-22-15-6-2-3-7-15/h4-5,8,14-15H,2-3,6-7,9-12H2,1H3. The van der Waals surface area contributed by atoms with Gasteiger partial charge < -0.3 is 9.64 Å². The quantitative estimate of drug-likeness (QED) is 0.836. The number of hydrogen-bond acceptors (Lipinski definition) is 4. The van der Waals surface area contributed by atoms with E-state index in [9.17, 15) is 4.79 Å². The lowest BCUT2D eigenvalue weighted by Gasteiger charge is -2.18. The number of carbonyl (C=O) groups is 1. The van der Waals surface area contributed by atoms with Crippen LogP contribution < -0.4 is 4.74 Å². The van der Waals surface area contributed by atoms with Crippen LogP contribution in [0.3, 0.4) is 0 Å². The summed E-state index contributed by atoms with van der Waals surface area (Å²) in [4.78, 5) is 18.6. The van der Waals surface area contributed by atoms with Crippen LogP contribution in [0.4, 0.5) is 0 Å². The molecule has 1 aromatic heterocycles. The first-order valence-electron chi connectivity index (χ1n) is 8.20. The Bertz CT molecular complexity index is 517. The first-order chi connectivity index (χ1) is 10.7. The van der Waals surface area contributed by atoms with Crippen LogP contribution in [0.1, 0.15) is 37.8 Å². The fraction of sp³-hybridized carbons (Fsp3) is 0.647. The third-order valence-electron chi connectivity index (χ3n) is 4.39. The monoisotopic (exact) mass is 320 g/mol. The zero-order chi connectivity index (χ0) is 15.4. The molecule has 3 rings (SSSR count). The Morgan fingerprint density at radius 1 is 1.36 bits per heavy atom. The number of thioether (sulfide) groups is 1. The fourth-order valence-electron chi connectivity index (χ4n) is 3.14. The number of aromatic nitrogens is 1. The molecule has 0 bridgehead atoms. The Morgan fingerprint density at radius 3 is 2.95 bits per heavy atom. The van der Waals surface area contributed by atoms with E-state index in [1.165, 1.54) is 25.7 Å². The second-order valence-electron chi connectivity index (χ2n) is 6.20. The van der Waals surface area contributed by atoms with Gasteiger partial charge in [-0.15, -0.1) is 11.8 Å². The Balaban J connectivity index is 1.44. The highest BCUT2D eigenvalue weighted by atomic mass is 32.2. The van der Waals surface area contributed by atoms with Gasteiger partial charge in [0.25, 0.3) is 0 Å². The Labute approximate surface area is 136 Å². The molecule has 0 N–H and O–H groups in total. The van der Waals surface area contributed by atoms with E-state index in [2.05, 4.69) is 4.98 Å². The molecule has 120 valence electrons. The van der Waals surface area contributed by atoms with E-state index >= 15 is 0 Å². The summed E-state index contributed by atoms with van der Waals surface area (Å²) in [5.74, 6) is 1.56. The summed E-state index contributed by atoms with van der Waals surface area (Å²) in [5.41, 5.74) is 0.955. The van der Waals surface area contributed by atoms with Crippen molar-refractivity contribution in [1.82, 2.24) is 9.88 Å². The van der Waals surface area contributed by atoms with E-state index < -0.39 is 0 Å². The summed E-state index contributed by atoms with van der Waals surface area (Å²) < 4.78 is 5.90. The smallest absolute Gasteiger partial charge is 0.232 e. The number of nitrogens with zero attached hydrogens (tertiary/aromatic N) is 2. The molecular formula is C17H24N2O2S. The summed E-state index contributed by atoms with van der Waals surface area (Å²) in [5, 5.41) is 0.704. The van der Waals surface area contributed by atoms with Gasteiger partial charge >= 0.3 is 0 Å². The van der Waals surface area contributed by atoms with Crippen molar-refractivity contribution in [3.05, 3.63) is 23.9 Å². The van der Waals surface area contributed by atoms with Gasteiger partial charge in [0.2, 0.25) is 11.8 Å². The molecule has 0 radical (unpaired) electrons. The Kier molecular flexibility index (Phi) is 5.24. The van der Waals surface area contributed by atoms with Gasteiger partial charge in [-0.05, 0) is 25.8 Å². The van der Waals surface area contributed by atoms with E-state index in [0.717, 1.165) is 18.7 Å². The number of hydrogen-bond donors (Lipinski definition) is 0. The lowest BCUT2D eigenvalue weighted by Crippen LogP contribution is -2.32. The number of rotatable bonds is 5. The Morgan fingerprint density at radius 2 is 2.18 bits per heavy atom. The third kappa shape index (κ3) is 4.15. The third-order valence-corrected chi connectivity index (χ3v) is 5.75. The highest BCUT2D eigenvalue weighted by Gasteiger charge is 2.28. The fourth-order valence-corrected chi connectivity index (χ4v) is 4.37. The minimum absolute atomic E-state index is 0.0785. The average molecular weight is 320 g/mol. The molecule has 2 aliphatic rings. The number of aryl methyl sites for hydroxylation is 1. The van der Waals surface area contributed by atoms with Gasteiger partial charge in [-0.2, -0.15) is 0 Å². The lowest BCUT2D eigenvalue weighted by molar-refractivity contribution is -0.127. The molecule has 1 amide bonds. The second-order valence-corrected chi connectivity index (χ2v) is 7.49. The van der Waals surface area contributed by atoms with Gasteiger partial charge in [0, 0.05) is 30.0 Å². The van der Waals surface area contributed by atoms with Gasteiger partial charge in [-0.25, -0.2) is 4.98 Å². The van der Waals surface area contributed by atoms with Crippen LogP contribution in [0.15, 0.2) is 18.2 Å². The molecule has 1 aliphatic heterocycles. The molecule has 0 spiro atoms. The number of ether oxygens (including phenoxy) is 1. The molecule has 1 saturated heterocycles. The molecule has 2 fully saturated rings. The highest BCUT2D eigenvalue weighted by Crippen LogP contribution is 2.29. The van der Waals surface area contributed by atoms with Gasteiger partial charge in [0.05, 0.1) is 12.3 Å². The molecule has 1 atom stereocenters. The maximum atomic E-state index is 12.3. The van der Waals surface area contributed by atoms with Crippen LogP contribution in [0.5, 0.6) is 5.88 Å². The number of amides is 1. The van der Waals surface area contributed by atoms with Crippen molar-refractivity contribution >= 4 is 17.7 Å². The van der Waals surface area contributed by atoms with E-state index in [1.54, 1.807) is 0 Å². The highest BCUT2D eigenvalue weighted by molar-refractivity contribution is 8.00. The zero-order valence-electron chi connectivity index (χ0n) is 13.2. The molecule has 1 unspecified atom stereocenters. The topological polar surface area (TPSA) is 42.4 Å². The van der Waals surface area contributed by atoms with E-state index in [4.69, 9.17) is 4.74 Å². The van der Waals surface area contributed by atoms with E-state index in [0.29, 0.717) is 23.4 Å². The van der Waals surface area contributed by atoms with E-state index in [1.807, 2.05) is 41.8 Å². The van der Waals surface area contributed by atoms with Crippen LogP contribution >= 0.6 is 11.8 Å². The summed E-state index contributed by atoms with van der Waals surface area (Å²) in [6, 6.07) is 5.79. The molecular weight excluding hydrogens is 296 g/mol. The van der Waals surface area contributed by atoms with Crippen LogP contribution in [0.2, 0.25) is 0 Å². The van der Waals surface area contributed by atoms with Crippen molar-refractivity contribution in [3.8, 4) is 5.88 Å². The van der Waals surface area contributed by atoms with Crippen LogP contribution in [-0.4, -0.2) is 46.0 Å².